The predicted molar refractivity (Wildman–Crippen MR) is 110 cm³/mol. The summed E-state index contributed by atoms with van der Waals surface area (Å²) in [5.41, 5.74) is 2.50. The van der Waals surface area contributed by atoms with Crippen molar-refractivity contribution in [3.8, 4) is 6.07 Å². The van der Waals surface area contributed by atoms with E-state index in [1.807, 2.05) is 39.8 Å². The molecule has 2 N–H and O–H groups in total. The Morgan fingerprint density at radius 3 is 2.41 bits per heavy atom. The molecule has 1 rings (SSSR count). The number of nitriles is 1. The number of hydrogen-bond acceptors (Lipinski definition) is 5. The van der Waals surface area contributed by atoms with Crippen molar-refractivity contribution in [1.29, 1.82) is 5.26 Å². The average Bonchev–Trinajstić information content (AvgIpc) is 2.89. The van der Waals surface area contributed by atoms with Crippen molar-refractivity contribution in [1.82, 2.24) is 15.2 Å². The molecular formula is C21H30N4O4. The van der Waals surface area contributed by atoms with Crippen LogP contribution in [0.25, 0.3) is 6.08 Å². The maximum Gasteiger partial charge on any atom is 0.349 e. The van der Waals surface area contributed by atoms with Crippen LogP contribution in [0.15, 0.2) is 11.6 Å². The molecule has 8 heteroatoms. The lowest BCUT2D eigenvalue weighted by atomic mass is 10.1. The van der Waals surface area contributed by atoms with Crippen LogP contribution >= 0.6 is 0 Å². The Labute approximate surface area is 171 Å². The molecule has 0 atom stereocenters. The van der Waals surface area contributed by atoms with E-state index in [-0.39, 0.29) is 11.5 Å². The summed E-state index contributed by atoms with van der Waals surface area (Å²) in [5, 5.41) is 13.9. The first-order valence-corrected chi connectivity index (χ1v) is 9.58. The summed E-state index contributed by atoms with van der Waals surface area (Å²) >= 11 is 0. The molecule has 0 aromatic carbocycles. The zero-order valence-electron chi connectivity index (χ0n) is 18.0. The molecule has 0 saturated heterocycles. The highest BCUT2D eigenvalue weighted by atomic mass is 16.5. The second kappa shape index (κ2) is 11.1. The number of imide groups is 1. The molecule has 0 unspecified atom stereocenters. The monoisotopic (exact) mass is 402 g/mol. The van der Waals surface area contributed by atoms with Crippen LogP contribution in [-0.4, -0.2) is 35.6 Å². The van der Waals surface area contributed by atoms with Crippen molar-refractivity contribution >= 4 is 24.0 Å². The number of nitrogens with one attached hydrogen (secondary N) is 2. The van der Waals surface area contributed by atoms with Crippen molar-refractivity contribution in [2.24, 2.45) is 11.8 Å². The maximum absolute atomic E-state index is 12.2. The number of rotatable bonds is 8. The van der Waals surface area contributed by atoms with Crippen molar-refractivity contribution < 1.29 is 19.1 Å². The fourth-order valence-corrected chi connectivity index (χ4v) is 2.62. The van der Waals surface area contributed by atoms with E-state index in [2.05, 4.69) is 29.0 Å². The smallest absolute Gasteiger partial charge is 0.349 e. The van der Waals surface area contributed by atoms with Crippen LogP contribution in [0, 0.1) is 37.0 Å². The van der Waals surface area contributed by atoms with Crippen LogP contribution in [0.4, 0.5) is 4.79 Å². The van der Waals surface area contributed by atoms with Crippen LogP contribution in [0.5, 0.6) is 0 Å². The summed E-state index contributed by atoms with van der Waals surface area (Å²) in [6.07, 6.45) is 1.45. The molecule has 0 aliphatic heterocycles. The quantitative estimate of drug-likeness (QED) is 0.394. The van der Waals surface area contributed by atoms with Gasteiger partial charge < -0.3 is 14.6 Å². The zero-order chi connectivity index (χ0) is 22.1. The molecule has 1 heterocycles. The van der Waals surface area contributed by atoms with Gasteiger partial charge in [-0.2, -0.15) is 5.26 Å². The first-order chi connectivity index (χ1) is 13.5. The summed E-state index contributed by atoms with van der Waals surface area (Å²) in [5.74, 6) is -1.00. The molecule has 1 aromatic rings. The van der Waals surface area contributed by atoms with Gasteiger partial charge in [0.15, 0.2) is 6.61 Å². The minimum absolute atomic E-state index is 0.216. The molecule has 8 nitrogen and oxygen atoms in total. The van der Waals surface area contributed by atoms with Gasteiger partial charge in [-0.05, 0) is 43.4 Å². The van der Waals surface area contributed by atoms with E-state index >= 15 is 0 Å². The molecule has 0 fully saturated rings. The van der Waals surface area contributed by atoms with Crippen molar-refractivity contribution in [2.75, 3.05) is 13.2 Å². The lowest BCUT2D eigenvalue weighted by Gasteiger charge is -2.12. The Bertz CT molecular complexity index is 828. The van der Waals surface area contributed by atoms with Gasteiger partial charge in [-0.1, -0.05) is 27.7 Å². The maximum atomic E-state index is 12.2. The van der Waals surface area contributed by atoms with Gasteiger partial charge in [0, 0.05) is 24.5 Å². The lowest BCUT2D eigenvalue weighted by molar-refractivity contribution is -0.144. The van der Waals surface area contributed by atoms with E-state index in [9.17, 15) is 19.6 Å². The van der Waals surface area contributed by atoms with Crippen LogP contribution in [0.2, 0.25) is 0 Å². The van der Waals surface area contributed by atoms with Gasteiger partial charge in [0.1, 0.15) is 11.6 Å². The molecule has 1 aromatic heterocycles. The van der Waals surface area contributed by atoms with E-state index in [1.54, 1.807) is 0 Å². The van der Waals surface area contributed by atoms with Gasteiger partial charge in [0.05, 0.1) is 0 Å². The van der Waals surface area contributed by atoms with Gasteiger partial charge in [-0.15, -0.1) is 0 Å². The Hall–Kier alpha value is -3.08. The predicted octanol–water partition coefficient (Wildman–Crippen LogP) is 2.69. The van der Waals surface area contributed by atoms with E-state index in [1.165, 1.54) is 6.08 Å². The molecule has 0 aliphatic carbocycles. The fourth-order valence-electron chi connectivity index (χ4n) is 2.62. The summed E-state index contributed by atoms with van der Waals surface area (Å²) in [4.78, 5) is 35.4. The molecule has 0 aliphatic rings. The summed E-state index contributed by atoms with van der Waals surface area (Å²) in [6, 6.07) is 3.05. The summed E-state index contributed by atoms with van der Waals surface area (Å²) in [7, 11) is 0. The minimum atomic E-state index is -0.918. The number of ether oxygens (including phenoxy) is 1. The number of esters is 1. The molecule has 158 valence electrons. The number of amides is 3. The van der Waals surface area contributed by atoms with E-state index in [0.29, 0.717) is 12.5 Å². The van der Waals surface area contributed by atoms with Crippen molar-refractivity contribution in [3.63, 3.8) is 0 Å². The van der Waals surface area contributed by atoms with Crippen LogP contribution < -0.4 is 10.6 Å². The van der Waals surface area contributed by atoms with Gasteiger partial charge in [-0.3, -0.25) is 10.1 Å². The second-order valence-electron chi connectivity index (χ2n) is 7.73. The fraction of sp³-hybridized carbons (Fsp3) is 0.524. The van der Waals surface area contributed by atoms with Gasteiger partial charge >= 0.3 is 12.0 Å². The molecule has 0 bridgehead atoms. The highest BCUT2D eigenvalue weighted by Crippen LogP contribution is 2.20. The number of urea groups is 1. The number of carbonyl (C=O) groups is 3. The van der Waals surface area contributed by atoms with Gasteiger partial charge in [0.2, 0.25) is 0 Å². The van der Waals surface area contributed by atoms with E-state index < -0.39 is 24.5 Å². The largest absolute Gasteiger partial charge is 0.451 e. The van der Waals surface area contributed by atoms with Crippen molar-refractivity contribution in [2.45, 2.75) is 48.1 Å². The third-order valence-corrected chi connectivity index (χ3v) is 4.06. The van der Waals surface area contributed by atoms with E-state index in [0.717, 1.165) is 23.5 Å². The van der Waals surface area contributed by atoms with Gasteiger partial charge in [0.25, 0.3) is 5.91 Å². The second-order valence-corrected chi connectivity index (χ2v) is 7.73. The summed E-state index contributed by atoms with van der Waals surface area (Å²) in [6.45, 7) is 12.5. The first-order valence-electron chi connectivity index (χ1n) is 9.58. The Morgan fingerprint density at radius 1 is 1.21 bits per heavy atom. The Kier molecular flexibility index (Phi) is 9.13. The lowest BCUT2D eigenvalue weighted by Crippen LogP contribution is -2.42. The molecule has 0 spiro atoms. The first kappa shape index (κ1) is 24.0. The molecular weight excluding hydrogens is 372 g/mol. The van der Waals surface area contributed by atoms with Crippen molar-refractivity contribution in [3.05, 3.63) is 28.6 Å². The van der Waals surface area contributed by atoms with E-state index in [4.69, 9.17) is 4.74 Å². The SMILES string of the molecule is Cc1cc(/C=C(\C#N)C(=O)OCC(=O)NC(=O)NCC(C)C)c(C)n1CC(C)C. The van der Waals surface area contributed by atoms with Crippen LogP contribution in [0.3, 0.4) is 0 Å². The number of carbonyl (C=O) groups excluding carboxylic acids is 3. The highest BCUT2D eigenvalue weighted by molar-refractivity contribution is 6.00. The average molecular weight is 402 g/mol. The minimum Gasteiger partial charge on any atom is -0.451 e. The Balaban J connectivity index is 2.74. The molecule has 0 radical (unpaired) electrons. The molecule has 3 amide bonds. The molecule has 29 heavy (non-hydrogen) atoms. The van der Waals surface area contributed by atoms with Gasteiger partial charge in [-0.25, -0.2) is 9.59 Å². The zero-order valence-corrected chi connectivity index (χ0v) is 18.0. The number of aryl methyl sites for hydroxylation is 1. The number of hydrogen-bond donors (Lipinski definition) is 2. The standard InChI is InChI=1S/C21H30N4O4/c1-13(2)10-23-21(28)24-19(26)12-29-20(27)18(9-22)8-17-7-15(5)25(16(17)6)11-14(3)4/h7-8,13-14H,10-12H2,1-6H3,(H2,23,24,26,28)/b18-8+. The molecule has 0 saturated carbocycles. The normalized spacial score (nSPS) is 11.3. The van der Waals surface area contributed by atoms with Crippen LogP contribution in [-0.2, 0) is 20.9 Å². The number of nitrogens with zero attached hydrogens (tertiary/aromatic N) is 2. The number of aromatic nitrogens is 1. The Morgan fingerprint density at radius 2 is 1.86 bits per heavy atom. The topological polar surface area (TPSA) is 113 Å². The van der Waals surface area contributed by atoms with Crippen LogP contribution in [0.1, 0.15) is 44.6 Å². The third-order valence-electron chi connectivity index (χ3n) is 4.06. The highest BCUT2D eigenvalue weighted by Gasteiger charge is 2.16. The summed E-state index contributed by atoms with van der Waals surface area (Å²) < 4.78 is 6.99. The third kappa shape index (κ3) is 7.82.